The third kappa shape index (κ3) is 8.14. The summed E-state index contributed by atoms with van der Waals surface area (Å²) in [6, 6.07) is 7.18. The van der Waals surface area contributed by atoms with Crippen molar-refractivity contribution in [3.05, 3.63) is 51.7 Å². The Bertz CT molecular complexity index is 1150. The number of hydrogen-bond acceptors (Lipinski definition) is 10. The van der Waals surface area contributed by atoms with Crippen LogP contribution in [0.1, 0.15) is 33.9 Å². The Kier molecular flexibility index (Phi) is 9.73. The number of nitrogens with one attached hydrogen (secondary N) is 5. The highest BCUT2D eigenvalue weighted by Crippen LogP contribution is 2.28. The van der Waals surface area contributed by atoms with Crippen LogP contribution in [0.25, 0.3) is 0 Å². The molecule has 3 aromatic rings. The van der Waals surface area contributed by atoms with E-state index >= 15 is 0 Å². The maximum Gasteiger partial charge on any atom is 0.267 e. The average Bonchev–Trinajstić information content (AvgIpc) is 3.29. The maximum atomic E-state index is 12.7. The minimum absolute atomic E-state index is 0.261. The molecular weight excluding hydrogens is 492 g/mol. The number of amides is 2. The summed E-state index contributed by atoms with van der Waals surface area (Å²) in [5.74, 6) is 1.07. The number of aromatic nitrogens is 3. The SMILES string of the molecule is Cc1nc(NCCNCCCC(=O)NO)cc(Nc2ncc(C(=O)Nc3c(C)cccc3Cl)s2)n1. The molecular formula is C22H27ClN8O3S. The molecule has 0 radical (unpaired) electrons. The lowest BCUT2D eigenvalue weighted by atomic mass is 10.2. The van der Waals surface area contributed by atoms with E-state index in [1.54, 1.807) is 24.5 Å². The first-order valence-corrected chi connectivity index (χ1v) is 12.1. The molecule has 1 aromatic carbocycles. The number of aryl methyl sites for hydroxylation is 2. The van der Waals surface area contributed by atoms with E-state index in [-0.39, 0.29) is 12.3 Å². The van der Waals surface area contributed by atoms with Gasteiger partial charge in [0.05, 0.1) is 16.9 Å². The highest BCUT2D eigenvalue weighted by molar-refractivity contribution is 7.17. The Morgan fingerprint density at radius 3 is 2.69 bits per heavy atom. The molecule has 0 saturated carbocycles. The van der Waals surface area contributed by atoms with Gasteiger partial charge in [-0.05, 0) is 38.4 Å². The van der Waals surface area contributed by atoms with Crippen molar-refractivity contribution in [1.29, 1.82) is 0 Å². The summed E-state index contributed by atoms with van der Waals surface area (Å²) >= 11 is 7.40. The fraction of sp³-hybridized carbons (Fsp3) is 0.318. The van der Waals surface area contributed by atoms with Crippen molar-refractivity contribution in [2.45, 2.75) is 26.7 Å². The number of carbonyl (C=O) groups is 2. The molecule has 0 saturated heterocycles. The van der Waals surface area contributed by atoms with E-state index in [1.807, 2.05) is 19.1 Å². The van der Waals surface area contributed by atoms with Crippen molar-refractivity contribution in [1.82, 2.24) is 25.7 Å². The zero-order valence-electron chi connectivity index (χ0n) is 19.3. The lowest BCUT2D eigenvalue weighted by Gasteiger charge is -2.10. The Morgan fingerprint density at radius 1 is 1.11 bits per heavy atom. The zero-order valence-corrected chi connectivity index (χ0v) is 20.9. The standard InChI is InChI=1S/C22H27ClN8O3S/c1-13-5-3-6-15(23)20(13)30-21(33)16-12-26-22(35-16)29-18-11-17(27-14(2)28-18)25-10-9-24-8-4-7-19(32)31-34/h3,5-6,11-12,24,34H,4,7-10H2,1-2H3,(H,30,33)(H,31,32)(H2,25,26,27,28,29). The van der Waals surface area contributed by atoms with Gasteiger partial charge in [-0.15, -0.1) is 0 Å². The second kappa shape index (κ2) is 13.0. The van der Waals surface area contributed by atoms with Gasteiger partial charge in [0.15, 0.2) is 5.13 Å². The number of carbonyl (C=O) groups excluding carboxylic acids is 2. The Morgan fingerprint density at radius 2 is 1.91 bits per heavy atom. The first kappa shape index (κ1) is 26.3. The van der Waals surface area contributed by atoms with Crippen molar-refractivity contribution in [3.8, 4) is 0 Å². The summed E-state index contributed by atoms with van der Waals surface area (Å²) in [7, 11) is 0. The lowest BCUT2D eigenvalue weighted by molar-refractivity contribution is -0.129. The van der Waals surface area contributed by atoms with Gasteiger partial charge in [-0.25, -0.2) is 20.4 Å². The van der Waals surface area contributed by atoms with Gasteiger partial charge in [0.1, 0.15) is 22.3 Å². The number of halogens is 1. The quantitative estimate of drug-likeness (QED) is 0.120. The van der Waals surface area contributed by atoms with Crippen LogP contribution in [0.2, 0.25) is 5.02 Å². The number of rotatable bonds is 12. The minimum Gasteiger partial charge on any atom is -0.369 e. The van der Waals surface area contributed by atoms with Gasteiger partial charge in [0, 0.05) is 25.6 Å². The maximum absolute atomic E-state index is 12.7. The van der Waals surface area contributed by atoms with Gasteiger partial charge in [-0.3, -0.25) is 14.8 Å². The number of benzene rings is 1. The number of thiazole rings is 1. The molecule has 2 aromatic heterocycles. The Balaban J connectivity index is 1.51. The summed E-state index contributed by atoms with van der Waals surface area (Å²) < 4.78 is 0. The van der Waals surface area contributed by atoms with Crippen LogP contribution in [0.5, 0.6) is 0 Å². The molecule has 6 N–H and O–H groups in total. The van der Waals surface area contributed by atoms with Crippen LogP contribution in [-0.4, -0.2) is 51.6 Å². The van der Waals surface area contributed by atoms with E-state index in [2.05, 4.69) is 36.2 Å². The third-order valence-electron chi connectivity index (χ3n) is 4.75. The molecule has 0 unspecified atom stereocenters. The molecule has 0 fully saturated rings. The summed E-state index contributed by atoms with van der Waals surface area (Å²) in [5.41, 5.74) is 3.06. The molecule has 0 bridgehead atoms. The number of nitrogens with zero attached hydrogens (tertiary/aromatic N) is 3. The zero-order chi connectivity index (χ0) is 25.2. The van der Waals surface area contributed by atoms with Gasteiger partial charge < -0.3 is 21.3 Å². The summed E-state index contributed by atoms with van der Waals surface area (Å²) in [6.07, 6.45) is 2.38. The van der Waals surface area contributed by atoms with Crippen LogP contribution in [0.3, 0.4) is 0 Å². The number of anilines is 4. The summed E-state index contributed by atoms with van der Waals surface area (Å²) in [6.45, 7) is 5.60. The predicted molar refractivity (Wildman–Crippen MR) is 137 cm³/mol. The topological polar surface area (TPSA) is 153 Å². The molecule has 3 rings (SSSR count). The summed E-state index contributed by atoms with van der Waals surface area (Å²) in [5, 5.41) is 21.8. The van der Waals surface area contributed by atoms with Crippen molar-refractivity contribution in [2.75, 3.05) is 35.6 Å². The van der Waals surface area contributed by atoms with Gasteiger partial charge in [-0.1, -0.05) is 35.1 Å². The molecule has 35 heavy (non-hydrogen) atoms. The second-order valence-electron chi connectivity index (χ2n) is 7.54. The van der Waals surface area contributed by atoms with E-state index in [0.717, 1.165) is 5.56 Å². The number of hydroxylamine groups is 1. The minimum atomic E-state index is -0.398. The monoisotopic (exact) mass is 518 g/mol. The van der Waals surface area contributed by atoms with Gasteiger partial charge in [0.2, 0.25) is 5.91 Å². The molecule has 11 nitrogen and oxygen atoms in total. The van der Waals surface area contributed by atoms with Crippen LogP contribution >= 0.6 is 22.9 Å². The fourth-order valence-electron chi connectivity index (χ4n) is 3.07. The first-order valence-electron chi connectivity index (χ1n) is 10.9. The molecule has 0 spiro atoms. The molecule has 13 heteroatoms. The van der Waals surface area contributed by atoms with E-state index in [1.165, 1.54) is 17.5 Å². The Labute approximate surface area is 211 Å². The van der Waals surface area contributed by atoms with Crippen LogP contribution in [0.15, 0.2) is 30.5 Å². The molecule has 0 atom stereocenters. The van der Waals surface area contributed by atoms with Gasteiger partial charge >= 0.3 is 0 Å². The highest BCUT2D eigenvalue weighted by atomic mass is 35.5. The molecule has 0 aliphatic carbocycles. The molecule has 0 aliphatic heterocycles. The van der Waals surface area contributed by atoms with Crippen LogP contribution < -0.4 is 26.7 Å². The Hall–Kier alpha value is -3.32. The van der Waals surface area contributed by atoms with E-state index < -0.39 is 5.91 Å². The molecule has 0 aliphatic rings. The predicted octanol–water partition coefficient (Wildman–Crippen LogP) is 3.49. The van der Waals surface area contributed by atoms with E-state index in [4.69, 9.17) is 16.8 Å². The van der Waals surface area contributed by atoms with E-state index in [9.17, 15) is 9.59 Å². The highest BCUT2D eigenvalue weighted by Gasteiger charge is 2.14. The van der Waals surface area contributed by atoms with Gasteiger partial charge in [-0.2, -0.15) is 0 Å². The fourth-order valence-corrected chi connectivity index (χ4v) is 4.06. The van der Waals surface area contributed by atoms with Gasteiger partial charge in [0.25, 0.3) is 5.91 Å². The van der Waals surface area contributed by atoms with Crippen LogP contribution in [0.4, 0.5) is 22.5 Å². The summed E-state index contributed by atoms with van der Waals surface area (Å²) in [4.78, 5) is 37.1. The molecule has 2 amide bonds. The lowest BCUT2D eigenvalue weighted by Crippen LogP contribution is -2.25. The molecule has 2 heterocycles. The van der Waals surface area contributed by atoms with E-state index in [0.29, 0.717) is 64.2 Å². The van der Waals surface area contributed by atoms with Crippen LogP contribution in [-0.2, 0) is 4.79 Å². The van der Waals surface area contributed by atoms with Crippen molar-refractivity contribution < 1.29 is 14.8 Å². The average molecular weight is 519 g/mol. The van der Waals surface area contributed by atoms with Crippen molar-refractivity contribution in [2.24, 2.45) is 0 Å². The first-order chi connectivity index (χ1) is 16.9. The normalized spacial score (nSPS) is 10.6. The number of para-hydroxylation sites is 1. The molecule has 186 valence electrons. The van der Waals surface area contributed by atoms with Crippen molar-refractivity contribution >= 4 is 57.2 Å². The van der Waals surface area contributed by atoms with Crippen molar-refractivity contribution in [3.63, 3.8) is 0 Å². The smallest absolute Gasteiger partial charge is 0.267 e. The largest absolute Gasteiger partial charge is 0.369 e. The second-order valence-corrected chi connectivity index (χ2v) is 8.98. The number of hydrogen-bond donors (Lipinski definition) is 6. The third-order valence-corrected chi connectivity index (χ3v) is 5.98. The van der Waals surface area contributed by atoms with Crippen LogP contribution in [0, 0.1) is 13.8 Å².